The summed E-state index contributed by atoms with van der Waals surface area (Å²) < 4.78 is 5.54. The molecule has 1 heterocycles. The third kappa shape index (κ3) is 5.57. The summed E-state index contributed by atoms with van der Waals surface area (Å²) in [6.45, 7) is 1.98. The van der Waals surface area contributed by atoms with Crippen molar-refractivity contribution in [2.24, 2.45) is 0 Å². The number of carboxylic acids is 1. The van der Waals surface area contributed by atoms with Crippen molar-refractivity contribution in [2.45, 2.75) is 31.7 Å². The molecule has 176 valence electrons. The molecule has 1 unspecified atom stereocenters. The Kier molecular flexibility index (Phi) is 7.48. The predicted molar refractivity (Wildman–Crippen MR) is 133 cm³/mol. The highest BCUT2D eigenvalue weighted by Gasteiger charge is 2.24. The first kappa shape index (κ1) is 23.4. The van der Waals surface area contributed by atoms with E-state index in [-0.39, 0.29) is 23.9 Å². The van der Waals surface area contributed by atoms with Gasteiger partial charge in [-0.3, -0.25) is 4.79 Å². The number of carboxylic acid groups (broad SMARTS) is 1. The lowest BCUT2D eigenvalue weighted by Crippen LogP contribution is -2.34. The zero-order chi connectivity index (χ0) is 23.9. The van der Waals surface area contributed by atoms with Crippen molar-refractivity contribution in [3.05, 3.63) is 95.1 Å². The van der Waals surface area contributed by atoms with Crippen molar-refractivity contribution in [3.63, 3.8) is 0 Å². The van der Waals surface area contributed by atoms with Gasteiger partial charge in [-0.15, -0.1) is 0 Å². The van der Waals surface area contributed by atoms with Gasteiger partial charge in [0.1, 0.15) is 5.75 Å². The second kappa shape index (κ2) is 10.9. The monoisotopic (exact) mass is 458 g/mol. The second-order valence-electron chi connectivity index (χ2n) is 8.56. The highest BCUT2D eigenvalue weighted by Crippen LogP contribution is 2.35. The zero-order valence-corrected chi connectivity index (χ0v) is 19.4. The molecule has 0 aromatic heterocycles. The van der Waals surface area contributed by atoms with Gasteiger partial charge >= 0.3 is 5.97 Å². The van der Waals surface area contributed by atoms with Crippen LogP contribution < -0.4 is 15.0 Å². The van der Waals surface area contributed by atoms with E-state index in [4.69, 9.17) is 9.84 Å². The number of nitrogens with zero attached hydrogens (tertiary/aromatic N) is 1. The molecule has 1 aliphatic heterocycles. The van der Waals surface area contributed by atoms with Gasteiger partial charge in [0, 0.05) is 24.3 Å². The molecule has 0 radical (unpaired) electrons. The van der Waals surface area contributed by atoms with E-state index in [2.05, 4.69) is 16.3 Å². The van der Waals surface area contributed by atoms with Crippen molar-refractivity contribution in [1.82, 2.24) is 5.32 Å². The van der Waals surface area contributed by atoms with Crippen LogP contribution in [0.1, 0.15) is 52.4 Å². The number of anilines is 1. The van der Waals surface area contributed by atoms with Crippen LogP contribution in [0.4, 0.5) is 5.69 Å². The molecule has 3 aromatic carbocycles. The molecule has 4 rings (SSSR count). The number of hydrogen-bond donors (Lipinski definition) is 2. The summed E-state index contributed by atoms with van der Waals surface area (Å²) in [6.07, 6.45) is 3.70. The number of ether oxygens (including phenoxy) is 1. The molecular formula is C28H30N2O4. The fraction of sp³-hybridized carbons (Fsp3) is 0.286. The predicted octanol–water partition coefficient (Wildman–Crippen LogP) is 4.83. The second-order valence-corrected chi connectivity index (χ2v) is 8.56. The number of carbonyl (C=O) groups is 2. The maximum atomic E-state index is 13.2. The Morgan fingerprint density at radius 2 is 1.68 bits per heavy atom. The van der Waals surface area contributed by atoms with E-state index in [0.717, 1.165) is 54.1 Å². The van der Waals surface area contributed by atoms with Crippen molar-refractivity contribution >= 4 is 17.6 Å². The van der Waals surface area contributed by atoms with Crippen LogP contribution in [0.25, 0.3) is 0 Å². The van der Waals surface area contributed by atoms with Gasteiger partial charge in [-0.2, -0.15) is 0 Å². The molecule has 1 atom stereocenters. The first-order valence-electron chi connectivity index (χ1n) is 11.6. The Balaban J connectivity index is 1.65. The van der Waals surface area contributed by atoms with Crippen LogP contribution in [0.5, 0.6) is 5.75 Å². The van der Waals surface area contributed by atoms with Crippen molar-refractivity contribution in [2.75, 3.05) is 25.1 Å². The third-order valence-electron chi connectivity index (χ3n) is 6.25. The Labute approximate surface area is 200 Å². The summed E-state index contributed by atoms with van der Waals surface area (Å²) in [5.74, 6) is -0.372. The van der Waals surface area contributed by atoms with E-state index in [1.54, 1.807) is 19.2 Å². The molecular weight excluding hydrogens is 428 g/mol. The molecule has 0 spiro atoms. The third-order valence-corrected chi connectivity index (χ3v) is 6.25. The number of nitrogens with one attached hydrogen (secondary N) is 1. The normalized spacial score (nSPS) is 14.3. The molecule has 0 aliphatic carbocycles. The van der Waals surface area contributed by atoms with E-state index < -0.39 is 5.97 Å². The van der Waals surface area contributed by atoms with Crippen molar-refractivity contribution in [3.8, 4) is 5.75 Å². The minimum absolute atomic E-state index is 0.135. The summed E-state index contributed by atoms with van der Waals surface area (Å²) in [4.78, 5) is 26.7. The SMILES string of the molecule is COc1ccc(N2CCCCC2)c(C(NC(=O)Cc2ccc(C(=O)O)cc2)c2ccccc2)c1. The number of carbonyl (C=O) groups excluding carboxylic acids is 1. The number of benzene rings is 3. The lowest BCUT2D eigenvalue weighted by Gasteiger charge is -2.33. The molecule has 1 amide bonds. The summed E-state index contributed by atoms with van der Waals surface area (Å²) in [7, 11) is 1.65. The molecule has 0 bridgehead atoms. The number of methoxy groups -OCH3 is 1. The van der Waals surface area contributed by atoms with Gasteiger partial charge in [-0.05, 0) is 60.7 Å². The van der Waals surface area contributed by atoms with Crippen LogP contribution in [-0.2, 0) is 11.2 Å². The minimum atomic E-state index is -0.983. The average Bonchev–Trinajstić information content (AvgIpc) is 2.88. The number of hydrogen-bond acceptors (Lipinski definition) is 4. The quantitative estimate of drug-likeness (QED) is 0.505. The van der Waals surface area contributed by atoms with Crippen LogP contribution in [-0.4, -0.2) is 37.2 Å². The standard InChI is InChI=1S/C28H30N2O4/c1-34-23-14-15-25(30-16-6-3-7-17-30)24(19-23)27(21-8-4-2-5-9-21)29-26(31)18-20-10-12-22(13-11-20)28(32)33/h2,4-5,8-15,19,27H,3,6-7,16-18H2,1H3,(H,29,31)(H,32,33). The number of aromatic carboxylic acids is 1. The Hall–Kier alpha value is -3.80. The molecule has 1 saturated heterocycles. The van der Waals surface area contributed by atoms with E-state index >= 15 is 0 Å². The molecule has 1 aliphatic rings. The molecule has 6 heteroatoms. The van der Waals surface area contributed by atoms with Gasteiger partial charge in [0.05, 0.1) is 25.1 Å². The summed E-state index contributed by atoms with van der Waals surface area (Å²) in [5, 5.41) is 12.3. The fourth-order valence-corrected chi connectivity index (χ4v) is 4.46. The van der Waals surface area contributed by atoms with Gasteiger partial charge in [0.25, 0.3) is 0 Å². The van der Waals surface area contributed by atoms with E-state index in [9.17, 15) is 9.59 Å². The number of piperidine rings is 1. The van der Waals surface area contributed by atoms with Gasteiger partial charge in [-0.1, -0.05) is 42.5 Å². The summed E-state index contributed by atoms with van der Waals surface area (Å²) >= 11 is 0. The first-order valence-corrected chi connectivity index (χ1v) is 11.6. The molecule has 6 nitrogen and oxygen atoms in total. The largest absolute Gasteiger partial charge is 0.497 e. The van der Waals surface area contributed by atoms with Crippen LogP contribution >= 0.6 is 0 Å². The minimum Gasteiger partial charge on any atom is -0.497 e. The maximum absolute atomic E-state index is 13.2. The van der Waals surface area contributed by atoms with Crippen LogP contribution in [0.2, 0.25) is 0 Å². The smallest absolute Gasteiger partial charge is 0.335 e. The Morgan fingerprint density at radius 1 is 0.971 bits per heavy atom. The van der Waals surface area contributed by atoms with Crippen LogP contribution in [0.15, 0.2) is 72.8 Å². The summed E-state index contributed by atoms with van der Waals surface area (Å²) in [5.41, 5.74) is 4.07. The fourth-order valence-electron chi connectivity index (χ4n) is 4.46. The highest BCUT2D eigenvalue weighted by molar-refractivity contribution is 5.88. The highest BCUT2D eigenvalue weighted by atomic mass is 16.5. The van der Waals surface area contributed by atoms with E-state index in [0.29, 0.717) is 0 Å². The van der Waals surface area contributed by atoms with Crippen LogP contribution in [0, 0.1) is 0 Å². The van der Waals surface area contributed by atoms with Gasteiger partial charge in [0.2, 0.25) is 5.91 Å². The van der Waals surface area contributed by atoms with Gasteiger partial charge < -0.3 is 20.1 Å². The average molecular weight is 459 g/mol. The van der Waals surface area contributed by atoms with Crippen molar-refractivity contribution < 1.29 is 19.4 Å². The molecule has 3 aromatic rings. The van der Waals surface area contributed by atoms with E-state index in [1.807, 2.05) is 42.5 Å². The van der Waals surface area contributed by atoms with Gasteiger partial charge in [0.15, 0.2) is 0 Å². The van der Waals surface area contributed by atoms with E-state index in [1.165, 1.54) is 18.6 Å². The lowest BCUT2D eigenvalue weighted by atomic mass is 9.95. The van der Waals surface area contributed by atoms with Gasteiger partial charge in [-0.25, -0.2) is 4.79 Å². The molecule has 0 saturated carbocycles. The number of rotatable bonds is 8. The lowest BCUT2D eigenvalue weighted by molar-refractivity contribution is -0.120. The number of amides is 1. The Morgan fingerprint density at radius 3 is 2.32 bits per heavy atom. The topological polar surface area (TPSA) is 78.9 Å². The molecule has 1 fully saturated rings. The molecule has 2 N–H and O–H groups in total. The van der Waals surface area contributed by atoms with Crippen molar-refractivity contribution in [1.29, 1.82) is 0 Å². The molecule has 34 heavy (non-hydrogen) atoms. The zero-order valence-electron chi connectivity index (χ0n) is 19.4. The maximum Gasteiger partial charge on any atom is 0.335 e. The van der Waals surface area contributed by atoms with Crippen LogP contribution in [0.3, 0.4) is 0 Å². The summed E-state index contributed by atoms with van der Waals surface area (Å²) in [6, 6.07) is 22.1. The Bertz CT molecular complexity index is 1120. The first-order chi connectivity index (χ1) is 16.5.